The van der Waals surface area contributed by atoms with Crippen molar-refractivity contribution in [2.75, 3.05) is 19.8 Å². The Morgan fingerprint density at radius 1 is 0.947 bits per heavy atom. The molecule has 0 bridgehead atoms. The Hall–Kier alpha value is -0.120. The molecule has 3 heteroatoms. The maximum absolute atomic E-state index is 6.65. The van der Waals surface area contributed by atoms with Gasteiger partial charge in [-0.05, 0) is 37.5 Å². The SMILES string of the molecule is NC(C1CCCCCC1)C1CCOC2(CCOC2)C1. The number of ether oxygens (including phenoxy) is 2. The molecule has 19 heavy (non-hydrogen) atoms. The van der Waals surface area contributed by atoms with Crippen molar-refractivity contribution < 1.29 is 9.47 Å². The summed E-state index contributed by atoms with van der Waals surface area (Å²) in [5.41, 5.74) is 6.67. The van der Waals surface area contributed by atoms with Crippen molar-refractivity contribution in [2.45, 2.75) is 69.4 Å². The first kappa shape index (κ1) is 13.8. The number of hydrogen-bond donors (Lipinski definition) is 1. The van der Waals surface area contributed by atoms with Crippen LogP contribution in [0.1, 0.15) is 57.8 Å². The molecule has 1 aliphatic carbocycles. The summed E-state index contributed by atoms with van der Waals surface area (Å²) in [5.74, 6) is 1.41. The minimum absolute atomic E-state index is 0.0191. The third kappa shape index (κ3) is 3.14. The van der Waals surface area contributed by atoms with Crippen molar-refractivity contribution in [3.8, 4) is 0 Å². The molecule has 3 fully saturated rings. The monoisotopic (exact) mass is 267 g/mol. The minimum atomic E-state index is 0.0191. The van der Waals surface area contributed by atoms with E-state index in [1.54, 1.807) is 0 Å². The second-order valence-electron chi connectivity index (χ2n) is 6.92. The van der Waals surface area contributed by atoms with Crippen molar-refractivity contribution >= 4 is 0 Å². The Balaban J connectivity index is 1.60. The van der Waals surface area contributed by atoms with Gasteiger partial charge in [0.25, 0.3) is 0 Å². The molecule has 3 atom stereocenters. The molecular weight excluding hydrogens is 238 g/mol. The highest BCUT2D eigenvalue weighted by molar-refractivity contribution is 4.94. The van der Waals surface area contributed by atoms with Gasteiger partial charge in [-0.15, -0.1) is 0 Å². The van der Waals surface area contributed by atoms with E-state index in [0.29, 0.717) is 12.0 Å². The highest BCUT2D eigenvalue weighted by Crippen LogP contribution is 2.39. The maximum Gasteiger partial charge on any atom is 0.0939 e. The van der Waals surface area contributed by atoms with Gasteiger partial charge < -0.3 is 15.2 Å². The molecule has 0 radical (unpaired) electrons. The molecule has 2 aliphatic heterocycles. The van der Waals surface area contributed by atoms with Crippen LogP contribution in [0, 0.1) is 11.8 Å². The summed E-state index contributed by atoms with van der Waals surface area (Å²) in [6, 6.07) is 0.388. The summed E-state index contributed by atoms with van der Waals surface area (Å²) in [7, 11) is 0. The van der Waals surface area contributed by atoms with Crippen LogP contribution in [0.4, 0.5) is 0 Å². The van der Waals surface area contributed by atoms with E-state index in [4.69, 9.17) is 15.2 Å². The summed E-state index contributed by atoms with van der Waals surface area (Å²) in [6.45, 7) is 2.54. The Labute approximate surface area is 117 Å². The van der Waals surface area contributed by atoms with E-state index >= 15 is 0 Å². The Morgan fingerprint density at radius 2 is 1.74 bits per heavy atom. The quantitative estimate of drug-likeness (QED) is 0.782. The Kier molecular flexibility index (Phi) is 4.45. The average Bonchev–Trinajstić information content (AvgIpc) is 2.72. The van der Waals surface area contributed by atoms with Crippen LogP contribution in [0.3, 0.4) is 0 Å². The number of rotatable bonds is 2. The predicted molar refractivity (Wildman–Crippen MR) is 76.0 cm³/mol. The van der Waals surface area contributed by atoms with Gasteiger partial charge in [0.15, 0.2) is 0 Å². The van der Waals surface area contributed by atoms with Crippen LogP contribution in [0.2, 0.25) is 0 Å². The molecule has 0 amide bonds. The van der Waals surface area contributed by atoms with E-state index in [2.05, 4.69) is 0 Å². The van der Waals surface area contributed by atoms with Crippen LogP contribution in [0.15, 0.2) is 0 Å². The predicted octanol–water partition coefficient (Wildman–Crippen LogP) is 2.87. The third-order valence-electron chi connectivity index (χ3n) is 5.59. The molecule has 0 aromatic carbocycles. The molecule has 3 aliphatic rings. The molecule has 3 unspecified atom stereocenters. The van der Waals surface area contributed by atoms with Crippen LogP contribution < -0.4 is 5.73 Å². The lowest BCUT2D eigenvalue weighted by molar-refractivity contribution is -0.104. The van der Waals surface area contributed by atoms with Crippen LogP contribution >= 0.6 is 0 Å². The lowest BCUT2D eigenvalue weighted by atomic mass is 9.75. The van der Waals surface area contributed by atoms with Crippen LogP contribution in [0.25, 0.3) is 0 Å². The third-order valence-corrected chi connectivity index (χ3v) is 5.59. The number of nitrogens with two attached hydrogens (primary N) is 1. The lowest BCUT2D eigenvalue weighted by Crippen LogP contribution is -2.48. The number of hydrogen-bond acceptors (Lipinski definition) is 3. The van der Waals surface area contributed by atoms with Gasteiger partial charge in [0.1, 0.15) is 0 Å². The molecule has 1 saturated carbocycles. The zero-order valence-corrected chi connectivity index (χ0v) is 12.1. The second-order valence-corrected chi connectivity index (χ2v) is 6.92. The van der Waals surface area contributed by atoms with Crippen molar-refractivity contribution in [1.82, 2.24) is 0 Å². The van der Waals surface area contributed by atoms with Gasteiger partial charge in [0.2, 0.25) is 0 Å². The molecule has 2 heterocycles. The van der Waals surface area contributed by atoms with Gasteiger partial charge in [-0.2, -0.15) is 0 Å². The first-order chi connectivity index (χ1) is 9.29. The van der Waals surface area contributed by atoms with Gasteiger partial charge in [0, 0.05) is 25.7 Å². The van der Waals surface area contributed by atoms with Gasteiger partial charge in [-0.1, -0.05) is 25.7 Å². The first-order valence-electron chi connectivity index (χ1n) is 8.26. The molecule has 0 aromatic rings. The summed E-state index contributed by atoms with van der Waals surface area (Å²) < 4.78 is 11.6. The molecule has 1 spiro atoms. The average molecular weight is 267 g/mol. The fourth-order valence-corrected chi connectivity index (χ4v) is 4.34. The van der Waals surface area contributed by atoms with E-state index < -0.39 is 0 Å². The summed E-state index contributed by atoms with van der Waals surface area (Å²) in [5, 5.41) is 0. The highest BCUT2D eigenvalue weighted by Gasteiger charge is 2.43. The first-order valence-corrected chi connectivity index (χ1v) is 8.26. The Bertz CT molecular complexity index is 280. The standard InChI is InChI=1S/C16H29NO2/c17-15(13-5-3-1-2-4-6-13)14-7-9-19-16(11-14)8-10-18-12-16/h13-15H,1-12,17H2. The lowest BCUT2D eigenvalue weighted by Gasteiger charge is -2.41. The van der Waals surface area contributed by atoms with Crippen molar-refractivity contribution in [2.24, 2.45) is 17.6 Å². The van der Waals surface area contributed by atoms with Crippen LogP contribution in [-0.4, -0.2) is 31.5 Å². The van der Waals surface area contributed by atoms with Gasteiger partial charge in [-0.25, -0.2) is 0 Å². The normalized spacial score (nSPS) is 39.3. The zero-order valence-electron chi connectivity index (χ0n) is 12.1. The molecule has 0 aromatic heterocycles. The maximum atomic E-state index is 6.65. The topological polar surface area (TPSA) is 44.5 Å². The van der Waals surface area contributed by atoms with E-state index in [1.165, 1.54) is 38.5 Å². The second kappa shape index (κ2) is 6.11. The zero-order chi connectivity index (χ0) is 13.1. The van der Waals surface area contributed by atoms with Gasteiger partial charge >= 0.3 is 0 Å². The molecule has 2 N–H and O–H groups in total. The van der Waals surface area contributed by atoms with E-state index in [1.807, 2.05) is 0 Å². The summed E-state index contributed by atoms with van der Waals surface area (Å²) >= 11 is 0. The molecule has 3 rings (SSSR count). The smallest absolute Gasteiger partial charge is 0.0939 e. The van der Waals surface area contributed by atoms with Crippen molar-refractivity contribution in [3.63, 3.8) is 0 Å². The van der Waals surface area contributed by atoms with E-state index in [9.17, 15) is 0 Å². The highest BCUT2D eigenvalue weighted by atomic mass is 16.6. The fourth-order valence-electron chi connectivity index (χ4n) is 4.34. The van der Waals surface area contributed by atoms with E-state index in [0.717, 1.165) is 45.0 Å². The summed E-state index contributed by atoms with van der Waals surface area (Å²) in [4.78, 5) is 0. The molecule has 110 valence electrons. The van der Waals surface area contributed by atoms with Crippen molar-refractivity contribution in [3.05, 3.63) is 0 Å². The fraction of sp³-hybridized carbons (Fsp3) is 1.00. The molecular formula is C16H29NO2. The largest absolute Gasteiger partial charge is 0.378 e. The van der Waals surface area contributed by atoms with Crippen molar-refractivity contribution in [1.29, 1.82) is 0 Å². The minimum Gasteiger partial charge on any atom is -0.378 e. The molecule has 3 nitrogen and oxygen atoms in total. The van der Waals surface area contributed by atoms with Crippen LogP contribution in [0.5, 0.6) is 0 Å². The van der Waals surface area contributed by atoms with Gasteiger partial charge in [-0.3, -0.25) is 0 Å². The Morgan fingerprint density at radius 3 is 2.42 bits per heavy atom. The van der Waals surface area contributed by atoms with Gasteiger partial charge in [0.05, 0.1) is 12.2 Å². The summed E-state index contributed by atoms with van der Waals surface area (Å²) in [6.07, 6.45) is 11.6. The molecule has 2 saturated heterocycles. The van der Waals surface area contributed by atoms with E-state index in [-0.39, 0.29) is 5.60 Å². The van der Waals surface area contributed by atoms with Crippen LogP contribution in [-0.2, 0) is 9.47 Å².